The largest absolute Gasteiger partial charge is 0.457 e. The Labute approximate surface area is 266 Å². The Morgan fingerprint density at radius 2 is 1.05 bits per heavy atom. The molecule has 0 heterocycles. The van der Waals surface area contributed by atoms with Crippen LogP contribution in [0.1, 0.15) is 155 Å². The van der Waals surface area contributed by atoms with Crippen molar-refractivity contribution >= 4 is 5.97 Å². The maximum atomic E-state index is 12.0. The van der Waals surface area contributed by atoms with Crippen LogP contribution in [-0.4, -0.2) is 37.0 Å². The molecular formula is C39H68O4. The quantitative estimate of drug-likeness (QED) is 0.0474. The van der Waals surface area contributed by atoms with Crippen LogP contribution in [0.4, 0.5) is 0 Å². The van der Waals surface area contributed by atoms with E-state index in [-0.39, 0.29) is 19.2 Å². The lowest BCUT2D eigenvalue weighted by Crippen LogP contribution is -2.27. The predicted octanol–water partition coefficient (Wildman–Crippen LogP) is 11.3. The van der Waals surface area contributed by atoms with Gasteiger partial charge in [-0.1, -0.05) is 152 Å². The molecule has 1 atom stereocenters. The first-order valence-electron chi connectivity index (χ1n) is 17.9. The second-order valence-electron chi connectivity index (χ2n) is 11.6. The van der Waals surface area contributed by atoms with E-state index in [0.717, 1.165) is 51.4 Å². The van der Waals surface area contributed by atoms with Crippen molar-refractivity contribution in [1.29, 1.82) is 0 Å². The Balaban J connectivity index is 3.46. The van der Waals surface area contributed by atoms with Crippen LogP contribution in [0.25, 0.3) is 0 Å². The van der Waals surface area contributed by atoms with Gasteiger partial charge in [-0.25, -0.2) is 0 Å². The molecule has 4 heteroatoms. The third-order valence-electron chi connectivity index (χ3n) is 7.36. The molecule has 1 unspecified atom stereocenters. The minimum Gasteiger partial charge on any atom is -0.457 e. The van der Waals surface area contributed by atoms with E-state index in [9.17, 15) is 9.90 Å². The van der Waals surface area contributed by atoms with Crippen molar-refractivity contribution in [2.75, 3.05) is 19.8 Å². The summed E-state index contributed by atoms with van der Waals surface area (Å²) in [6.45, 7) is 5.16. The molecule has 0 aromatic carbocycles. The van der Waals surface area contributed by atoms with Gasteiger partial charge in [0.1, 0.15) is 6.10 Å². The summed E-state index contributed by atoms with van der Waals surface area (Å²) < 4.78 is 11.0. The topological polar surface area (TPSA) is 55.8 Å². The molecule has 0 spiro atoms. The lowest BCUT2D eigenvalue weighted by Gasteiger charge is -2.15. The number of carbonyl (C=O) groups is 1. The molecule has 0 saturated heterocycles. The fourth-order valence-corrected chi connectivity index (χ4v) is 4.71. The molecular weight excluding hydrogens is 532 g/mol. The zero-order valence-corrected chi connectivity index (χ0v) is 28.2. The van der Waals surface area contributed by atoms with Crippen LogP contribution in [0.5, 0.6) is 0 Å². The van der Waals surface area contributed by atoms with E-state index in [1.165, 1.54) is 83.5 Å². The maximum absolute atomic E-state index is 12.0. The van der Waals surface area contributed by atoms with E-state index >= 15 is 0 Å². The lowest BCUT2D eigenvalue weighted by molar-refractivity contribution is -0.154. The number of aliphatic hydroxyl groups is 1. The number of hydrogen-bond donors (Lipinski definition) is 1. The van der Waals surface area contributed by atoms with Crippen LogP contribution < -0.4 is 0 Å². The van der Waals surface area contributed by atoms with Crippen molar-refractivity contribution in [3.63, 3.8) is 0 Å². The summed E-state index contributed by atoms with van der Waals surface area (Å²) in [5, 5.41) is 9.49. The standard InChI is InChI=1S/C39H68O4/c1-3-5-7-9-11-12-13-14-15-16-17-18-19-20-21-22-23-24-25-26-27-29-31-33-35-42-37-38(36-40)43-39(41)34-32-30-28-10-8-6-4-2/h5,7,11-12,14-15,17-18,20-21,38,40H,3-4,6,8-10,13,16,19,22-37H2,1-2H3/b7-5-,12-11-,15-14-,18-17-,21-20-. The summed E-state index contributed by atoms with van der Waals surface area (Å²) in [5.74, 6) is -0.214. The molecule has 0 aromatic heterocycles. The number of rotatable bonds is 32. The molecule has 1 N–H and O–H groups in total. The highest BCUT2D eigenvalue weighted by Gasteiger charge is 2.13. The molecule has 0 fully saturated rings. The summed E-state index contributed by atoms with van der Waals surface area (Å²) in [7, 11) is 0. The summed E-state index contributed by atoms with van der Waals surface area (Å²) in [5.41, 5.74) is 0. The fraction of sp³-hybridized carbons (Fsp3) is 0.718. The van der Waals surface area contributed by atoms with E-state index in [4.69, 9.17) is 9.47 Å². The zero-order chi connectivity index (χ0) is 31.3. The number of hydrogen-bond acceptors (Lipinski definition) is 4. The molecule has 0 rings (SSSR count). The predicted molar refractivity (Wildman–Crippen MR) is 186 cm³/mol. The molecule has 0 aliphatic rings. The van der Waals surface area contributed by atoms with Gasteiger partial charge >= 0.3 is 5.97 Å². The monoisotopic (exact) mass is 601 g/mol. The van der Waals surface area contributed by atoms with Crippen molar-refractivity contribution in [1.82, 2.24) is 0 Å². The molecule has 43 heavy (non-hydrogen) atoms. The van der Waals surface area contributed by atoms with Crippen molar-refractivity contribution < 1.29 is 19.4 Å². The van der Waals surface area contributed by atoms with Gasteiger partial charge in [-0.3, -0.25) is 4.79 Å². The van der Waals surface area contributed by atoms with Gasteiger partial charge in [0, 0.05) is 13.0 Å². The van der Waals surface area contributed by atoms with E-state index in [2.05, 4.69) is 74.6 Å². The fourth-order valence-electron chi connectivity index (χ4n) is 4.71. The Bertz CT molecular complexity index is 719. The van der Waals surface area contributed by atoms with Crippen molar-refractivity contribution in [2.24, 2.45) is 0 Å². The van der Waals surface area contributed by atoms with Crippen LogP contribution in [0, 0.1) is 0 Å². The summed E-state index contributed by atoms with van der Waals surface area (Å²) in [6.07, 6.45) is 47.0. The highest BCUT2D eigenvalue weighted by atomic mass is 16.6. The average molecular weight is 601 g/mol. The second kappa shape index (κ2) is 36.3. The summed E-state index contributed by atoms with van der Waals surface area (Å²) >= 11 is 0. The van der Waals surface area contributed by atoms with Gasteiger partial charge in [0.2, 0.25) is 0 Å². The third-order valence-corrected chi connectivity index (χ3v) is 7.36. The highest BCUT2D eigenvalue weighted by molar-refractivity contribution is 5.69. The molecule has 0 bridgehead atoms. The minimum atomic E-state index is -0.535. The minimum absolute atomic E-state index is 0.177. The smallest absolute Gasteiger partial charge is 0.306 e. The molecule has 0 aromatic rings. The first-order valence-corrected chi connectivity index (χ1v) is 17.9. The number of allylic oxidation sites excluding steroid dienone is 10. The van der Waals surface area contributed by atoms with Gasteiger partial charge in [0.15, 0.2) is 0 Å². The van der Waals surface area contributed by atoms with Gasteiger partial charge in [-0.15, -0.1) is 0 Å². The van der Waals surface area contributed by atoms with Gasteiger partial charge in [-0.05, 0) is 57.8 Å². The van der Waals surface area contributed by atoms with Gasteiger partial charge in [-0.2, -0.15) is 0 Å². The summed E-state index contributed by atoms with van der Waals surface area (Å²) in [4.78, 5) is 12.0. The van der Waals surface area contributed by atoms with Gasteiger partial charge < -0.3 is 14.6 Å². The number of esters is 1. The lowest BCUT2D eigenvalue weighted by atomic mass is 10.1. The maximum Gasteiger partial charge on any atom is 0.306 e. The van der Waals surface area contributed by atoms with Crippen molar-refractivity contribution in [2.45, 2.75) is 161 Å². The molecule has 0 amide bonds. The van der Waals surface area contributed by atoms with Gasteiger partial charge in [0.05, 0.1) is 13.2 Å². The number of carbonyl (C=O) groups excluding carboxylic acids is 1. The molecule has 0 aliphatic heterocycles. The first kappa shape index (κ1) is 41.1. The molecule has 4 nitrogen and oxygen atoms in total. The average Bonchev–Trinajstić information content (AvgIpc) is 3.01. The molecule has 248 valence electrons. The Morgan fingerprint density at radius 3 is 1.58 bits per heavy atom. The Hall–Kier alpha value is -1.91. The first-order chi connectivity index (χ1) is 21.2. The number of aliphatic hydroxyl groups excluding tert-OH is 1. The van der Waals surface area contributed by atoms with Crippen LogP contribution in [0.15, 0.2) is 60.8 Å². The second-order valence-corrected chi connectivity index (χ2v) is 11.6. The van der Waals surface area contributed by atoms with Crippen molar-refractivity contribution in [3.8, 4) is 0 Å². The number of unbranched alkanes of at least 4 members (excludes halogenated alkanes) is 14. The third kappa shape index (κ3) is 34.4. The molecule has 0 saturated carbocycles. The molecule has 0 radical (unpaired) electrons. The summed E-state index contributed by atoms with van der Waals surface area (Å²) in [6, 6.07) is 0. The highest BCUT2D eigenvalue weighted by Crippen LogP contribution is 2.11. The van der Waals surface area contributed by atoms with Crippen LogP contribution in [0.3, 0.4) is 0 Å². The van der Waals surface area contributed by atoms with Gasteiger partial charge in [0.25, 0.3) is 0 Å². The Kier molecular flexibility index (Phi) is 34.7. The van der Waals surface area contributed by atoms with Crippen LogP contribution in [0.2, 0.25) is 0 Å². The van der Waals surface area contributed by atoms with Crippen LogP contribution in [-0.2, 0) is 14.3 Å². The zero-order valence-electron chi connectivity index (χ0n) is 28.2. The van der Waals surface area contributed by atoms with Crippen LogP contribution >= 0.6 is 0 Å². The SMILES string of the molecule is CC/C=C\C/C=C\C/C=C\C/C=C\C/C=C\CCCCCCCCCCOCC(CO)OC(=O)CCCCCCCCC. The Morgan fingerprint density at radius 1 is 0.581 bits per heavy atom. The van der Waals surface area contributed by atoms with Crippen molar-refractivity contribution in [3.05, 3.63) is 60.8 Å². The van der Waals surface area contributed by atoms with E-state index < -0.39 is 6.10 Å². The normalized spacial score (nSPS) is 13.1. The number of ether oxygens (including phenoxy) is 2. The molecule has 0 aliphatic carbocycles. The van der Waals surface area contributed by atoms with E-state index in [1.807, 2.05) is 0 Å². The van der Waals surface area contributed by atoms with E-state index in [0.29, 0.717) is 13.0 Å². The van der Waals surface area contributed by atoms with E-state index in [1.54, 1.807) is 0 Å².